The largest absolute Gasteiger partial charge is 0.369 e. The average molecular weight is 471 g/mol. The molecule has 0 saturated carbocycles. The Kier molecular flexibility index (Phi) is 7.87. The molecule has 0 aliphatic heterocycles. The normalized spacial score (nSPS) is 12.0. The number of nitrogens with one attached hydrogen (secondary N) is 2. The molecule has 1 heterocycles. The zero-order valence-corrected chi connectivity index (χ0v) is 19.8. The number of benzene rings is 2. The minimum atomic E-state index is -0.700. The van der Waals surface area contributed by atoms with Gasteiger partial charge in [-0.25, -0.2) is 4.98 Å². The van der Waals surface area contributed by atoms with Crippen LogP contribution in [-0.2, 0) is 20.8 Å². The Morgan fingerprint density at radius 2 is 1.84 bits per heavy atom. The van der Waals surface area contributed by atoms with Gasteiger partial charge in [0.15, 0.2) is 5.13 Å². The van der Waals surface area contributed by atoms with E-state index in [2.05, 4.69) is 15.6 Å². The van der Waals surface area contributed by atoms with Gasteiger partial charge in [-0.05, 0) is 29.2 Å². The maximum Gasteiger partial charge on any atom is 0.248 e. The van der Waals surface area contributed by atoms with E-state index in [1.807, 2.05) is 56.3 Å². The minimum absolute atomic E-state index is 0.111. The fourth-order valence-corrected chi connectivity index (χ4v) is 5.06. The number of nitrogens with two attached hydrogens (primary N) is 1. The highest BCUT2D eigenvalue weighted by molar-refractivity contribution is 8.01. The predicted octanol–water partition coefficient (Wildman–Crippen LogP) is 3.50. The molecule has 1 unspecified atom stereocenters. The van der Waals surface area contributed by atoms with Gasteiger partial charge < -0.3 is 16.4 Å². The van der Waals surface area contributed by atoms with Crippen molar-refractivity contribution in [2.24, 2.45) is 11.7 Å². The maximum atomic E-state index is 12.9. The molecule has 0 radical (unpaired) electrons. The average Bonchev–Trinajstić information content (AvgIpc) is 3.08. The van der Waals surface area contributed by atoms with Crippen LogP contribution in [-0.4, -0.2) is 34.5 Å². The first-order chi connectivity index (χ1) is 15.2. The van der Waals surface area contributed by atoms with Gasteiger partial charge in [0.05, 0.1) is 22.1 Å². The fraction of sp³-hybridized carbons (Fsp3) is 0.304. The molecule has 0 bridgehead atoms. The molecular formula is C23H26N4O3S2. The molecule has 0 saturated heterocycles. The third-order valence-corrected chi connectivity index (χ3v) is 7.23. The van der Waals surface area contributed by atoms with E-state index in [1.165, 1.54) is 23.1 Å². The molecule has 3 aromatic rings. The number of anilines is 1. The number of aryl methyl sites for hydroxylation is 1. The van der Waals surface area contributed by atoms with Crippen LogP contribution in [0.4, 0.5) is 5.13 Å². The Balaban J connectivity index is 1.63. The molecule has 168 valence electrons. The number of primary amides is 1. The van der Waals surface area contributed by atoms with E-state index >= 15 is 0 Å². The Morgan fingerprint density at radius 3 is 2.53 bits per heavy atom. The van der Waals surface area contributed by atoms with Crippen molar-refractivity contribution in [3.8, 4) is 0 Å². The third kappa shape index (κ3) is 6.30. The summed E-state index contributed by atoms with van der Waals surface area (Å²) in [6.45, 7) is 5.56. The first kappa shape index (κ1) is 23.7. The second-order valence-electron chi connectivity index (χ2n) is 7.78. The highest BCUT2D eigenvalue weighted by Crippen LogP contribution is 2.32. The Bertz CT molecular complexity index is 1140. The van der Waals surface area contributed by atoms with Gasteiger partial charge in [0, 0.05) is 0 Å². The van der Waals surface area contributed by atoms with E-state index in [1.54, 1.807) is 6.92 Å². The Labute approximate surface area is 195 Å². The maximum absolute atomic E-state index is 12.9. The smallest absolute Gasteiger partial charge is 0.248 e. The van der Waals surface area contributed by atoms with Crippen LogP contribution in [0, 0.1) is 12.8 Å². The SMILES string of the molecule is Cc1nc(NC(=O)C(NC(=O)Cc2ccc3ccccc3c2)C(C)C)sc1SCC(N)=O. The summed E-state index contributed by atoms with van der Waals surface area (Å²) in [5.74, 6) is -0.924. The topological polar surface area (TPSA) is 114 Å². The molecule has 3 amide bonds. The number of amides is 3. The lowest BCUT2D eigenvalue weighted by Crippen LogP contribution is -2.47. The van der Waals surface area contributed by atoms with Gasteiger partial charge in [-0.2, -0.15) is 0 Å². The van der Waals surface area contributed by atoms with E-state index in [0.717, 1.165) is 26.2 Å². The Morgan fingerprint density at radius 1 is 1.12 bits per heavy atom. The number of carbonyl (C=O) groups excluding carboxylic acids is 3. The van der Waals surface area contributed by atoms with Gasteiger partial charge in [0.1, 0.15) is 6.04 Å². The van der Waals surface area contributed by atoms with Crippen molar-refractivity contribution in [2.45, 2.75) is 37.4 Å². The first-order valence-corrected chi connectivity index (χ1v) is 12.0. The highest BCUT2D eigenvalue weighted by Gasteiger charge is 2.25. The standard InChI is InChI=1S/C23H26N4O3S2/c1-13(2)20(21(30)27-23-25-14(3)22(32-23)31-12-18(24)28)26-19(29)11-15-8-9-16-6-4-5-7-17(16)10-15/h4-10,13,20H,11-12H2,1-3H3,(H2,24,28)(H,26,29)(H,25,27,30). The monoisotopic (exact) mass is 470 g/mol. The molecule has 1 atom stereocenters. The Hall–Kier alpha value is -2.91. The summed E-state index contributed by atoms with van der Waals surface area (Å²) >= 11 is 2.57. The molecule has 32 heavy (non-hydrogen) atoms. The van der Waals surface area contributed by atoms with Crippen molar-refractivity contribution in [3.05, 3.63) is 53.7 Å². The summed E-state index contributed by atoms with van der Waals surface area (Å²) in [7, 11) is 0. The van der Waals surface area contributed by atoms with E-state index in [4.69, 9.17) is 5.73 Å². The lowest BCUT2D eigenvalue weighted by Gasteiger charge is -2.21. The number of thiazole rings is 1. The van der Waals surface area contributed by atoms with Crippen LogP contribution >= 0.6 is 23.1 Å². The minimum Gasteiger partial charge on any atom is -0.369 e. The molecular weight excluding hydrogens is 444 g/mol. The second-order valence-corrected chi connectivity index (χ2v) is 10.0. The number of rotatable bonds is 9. The molecule has 9 heteroatoms. The van der Waals surface area contributed by atoms with Crippen LogP contribution in [0.5, 0.6) is 0 Å². The third-order valence-electron chi connectivity index (χ3n) is 4.77. The molecule has 3 rings (SSSR count). The van der Waals surface area contributed by atoms with Crippen molar-refractivity contribution >= 4 is 56.7 Å². The van der Waals surface area contributed by atoms with Crippen LogP contribution in [0.1, 0.15) is 25.1 Å². The van der Waals surface area contributed by atoms with Crippen LogP contribution in [0.25, 0.3) is 10.8 Å². The summed E-state index contributed by atoms with van der Waals surface area (Å²) in [4.78, 5) is 40.9. The molecule has 7 nitrogen and oxygen atoms in total. The number of fused-ring (bicyclic) bond motifs is 1. The molecule has 0 aliphatic rings. The van der Waals surface area contributed by atoms with Gasteiger partial charge in [0.25, 0.3) is 0 Å². The van der Waals surface area contributed by atoms with Crippen molar-refractivity contribution in [1.29, 1.82) is 0 Å². The number of hydrogen-bond acceptors (Lipinski definition) is 6. The van der Waals surface area contributed by atoms with Crippen LogP contribution in [0.3, 0.4) is 0 Å². The number of aromatic nitrogens is 1. The van der Waals surface area contributed by atoms with Crippen LogP contribution in [0.15, 0.2) is 46.7 Å². The van der Waals surface area contributed by atoms with E-state index in [9.17, 15) is 14.4 Å². The van der Waals surface area contributed by atoms with Crippen molar-refractivity contribution in [1.82, 2.24) is 10.3 Å². The molecule has 0 aliphatic carbocycles. The van der Waals surface area contributed by atoms with Gasteiger partial charge >= 0.3 is 0 Å². The zero-order chi connectivity index (χ0) is 23.3. The van der Waals surface area contributed by atoms with Gasteiger partial charge in [-0.3, -0.25) is 14.4 Å². The van der Waals surface area contributed by atoms with E-state index < -0.39 is 11.9 Å². The molecule has 1 aromatic heterocycles. The number of carbonyl (C=O) groups is 3. The van der Waals surface area contributed by atoms with Crippen molar-refractivity contribution < 1.29 is 14.4 Å². The second kappa shape index (κ2) is 10.6. The number of thioether (sulfide) groups is 1. The highest BCUT2D eigenvalue weighted by atomic mass is 32.2. The van der Waals surface area contributed by atoms with Crippen molar-refractivity contribution in [2.75, 3.05) is 11.1 Å². The molecule has 0 fully saturated rings. The van der Waals surface area contributed by atoms with E-state index in [0.29, 0.717) is 5.13 Å². The summed E-state index contributed by atoms with van der Waals surface area (Å²) in [6, 6.07) is 13.2. The molecule has 2 aromatic carbocycles. The number of nitrogens with zero attached hydrogens (tertiary/aromatic N) is 1. The van der Waals surface area contributed by atoms with Gasteiger partial charge in [-0.15, -0.1) is 11.8 Å². The lowest BCUT2D eigenvalue weighted by molar-refractivity contribution is -0.127. The first-order valence-electron chi connectivity index (χ1n) is 10.2. The number of hydrogen-bond donors (Lipinski definition) is 3. The van der Waals surface area contributed by atoms with Gasteiger partial charge in [0.2, 0.25) is 17.7 Å². The molecule has 4 N–H and O–H groups in total. The fourth-order valence-electron chi connectivity index (χ4n) is 3.18. The summed E-state index contributed by atoms with van der Waals surface area (Å²) in [5.41, 5.74) is 6.80. The summed E-state index contributed by atoms with van der Waals surface area (Å²) < 4.78 is 0.820. The zero-order valence-electron chi connectivity index (χ0n) is 18.2. The predicted molar refractivity (Wildman–Crippen MR) is 130 cm³/mol. The van der Waals surface area contributed by atoms with E-state index in [-0.39, 0.29) is 29.9 Å². The summed E-state index contributed by atoms with van der Waals surface area (Å²) in [5, 5.41) is 8.25. The van der Waals surface area contributed by atoms with Crippen LogP contribution in [0.2, 0.25) is 0 Å². The van der Waals surface area contributed by atoms with Crippen LogP contribution < -0.4 is 16.4 Å². The molecule has 0 spiro atoms. The van der Waals surface area contributed by atoms with Crippen molar-refractivity contribution in [3.63, 3.8) is 0 Å². The summed E-state index contributed by atoms with van der Waals surface area (Å²) in [6.07, 6.45) is 0.186. The lowest BCUT2D eigenvalue weighted by atomic mass is 10.0. The van der Waals surface area contributed by atoms with Gasteiger partial charge in [-0.1, -0.05) is 67.6 Å². The quantitative estimate of drug-likeness (QED) is 0.414.